The molecule has 0 atom stereocenters. The van der Waals surface area contributed by atoms with Crippen molar-refractivity contribution in [2.45, 2.75) is 38.8 Å². The number of benzene rings is 2. The molecule has 1 aliphatic rings. The summed E-state index contributed by atoms with van der Waals surface area (Å²) in [6, 6.07) is 22.5. The monoisotopic (exact) mass is 359 g/mol. The molecule has 1 N–H and O–H groups in total. The first-order chi connectivity index (χ1) is 11.3. The van der Waals surface area contributed by atoms with Crippen LogP contribution in [-0.4, -0.2) is 24.0 Å². The first kappa shape index (κ1) is 20.8. The number of nitrogens with zero attached hydrogens (tertiary/aromatic N) is 1. The van der Waals surface area contributed by atoms with Crippen LogP contribution in [0.3, 0.4) is 0 Å². The topological polar surface area (TPSA) is 15.3 Å². The van der Waals surface area contributed by atoms with E-state index in [1.54, 1.807) is 0 Å². The minimum Gasteiger partial charge on any atom is -0.403 e. The second-order valence-electron chi connectivity index (χ2n) is 5.97. The molecule has 2 aromatic rings. The van der Waals surface area contributed by atoms with Crippen molar-refractivity contribution in [3.8, 4) is 0 Å². The van der Waals surface area contributed by atoms with E-state index < -0.39 is 0 Å². The van der Waals surface area contributed by atoms with Gasteiger partial charge in [-0.1, -0.05) is 42.9 Å². The van der Waals surface area contributed by atoms with Crippen LogP contribution in [0.1, 0.15) is 31.7 Å². The van der Waals surface area contributed by atoms with Crippen LogP contribution in [0.5, 0.6) is 0 Å². The predicted octanol–water partition coefficient (Wildman–Crippen LogP) is 4.79. The van der Waals surface area contributed by atoms with Gasteiger partial charge in [-0.05, 0) is 18.4 Å². The third kappa shape index (κ3) is 7.57. The zero-order valence-corrected chi connectivity index (χ0v) is 16.0. The van der Waals surface area contributed by atoms with E-state index in [0.717, 1.165) is 13.0 Å². The Morgan fingerprint density at radius 3 is 2.25 bits per heavy atom. The van der Waals surface area contributed by atoms with Crippen molar-refractivity contribution in [2.75, 3.05) is 18.4 Å². The van der Waals surface area contributed by atoms with E-state index in [-0.39, 0.29) is 18.6 Å². The Morgan fingerprint density at radius 1 is 1.08 bits per heavy atom. The van der Waals surface area contributed by atoms with Gasteiger partial charge in [-0.15, -0.1) is 12.1 Å². The van der Waals surface area contributed by atoms with E-state index in [2.05, 4.69) is 65.7 Å². The quantitative estimate of drug-likeness (QED) is 0.790. The molecular formula is C21H28N2V. The summed E-state index contributed by atoms with van der Waals surface area (Å²) in [5.41, 5.74) is 2.63. The molecule has 0 amide bonds. The summed E-state index contributed by atoms with van der Waals surface area (Å²) >= 11 is 0. The molecule has 0 aromatic heterocycles. The summed E-state index contributed by atoms with van der Waals surface area (Å²) in [6.07, 6.45) is 3.43. The Labute approximate surface area is 159 Å². The van der Waals surface area contributed by atoms with Crippen LogP contribution in [0.15, 0.2) is 54.6 Å². The minimum atomic E-state index is 0. The van der Waals surface area contributed by atoms with Crippen LogP contribution >= 0.6 is 0 Å². The molecule has 0 saturated carbocycles. The van der Waals surface area contributed by atoms with Gasteiger partial charge in [0.05, 0.1) is 0 Å². The first-order valence-electron chi connectivity index (χ1n) is 8.60. The van der Waals surface area contributed by atoms with Gasteiger partial charge in [-0.25, -0.2) is 0 Å². The van der Waals surface area contributed by atoms with Gasteiger partial charge < -0.3 is 12.2 Å². The largest absolute Gasteiger partial charge is 2.00 e. The second-order valence-corrected chi connectivity index (χ2v) is 5.97. The van der Waals surface area contributed by atoms with E-state index >= 15 is 0 Å². The van der Waals surface area contributed by atoms with E-state index in [0.29, 0.717) is 6.04 Å². The molecule has 3 heteroatoms. The van der Waals surface area contributed by atoms with Crippen LogP contribution in [0, 0.1) is 13.0 Å². The van der Waals surface area contributed by atoms with Crippen LogP contribution in [-0.2, 0) is 25.1 Å². The molecule has 0 aliphatic carbocycles. The maximum atomic E-state index is 3.62. The fraction of sp³-hybridized carbons (Fsp3) is 0.381. The van der Waals surface area contributed by atoms with Gasteiger partial charge in [-0.2, -0.15) is 24.6 Å². The fourth-order valence-electron chi connectivity index (χ4n) is 2.80. The van der Waals surface area contributed by atoms with Crippen molar-refractivity contribution in [1.29, 1.82) is 0 Å². The van der Waals surface area contributed by atoms with E-state index in [1.165, 1.54) is 37.2 Å². The fourth-order valence-corrected chi connectivity index (χ4v) is 2.80. The maximum absolute atomic E-state index is 3.62. The molecule has 127 valence electrons. The Balaban J connectivity index is 0.000000671. The summed E-state index contributed by atoms with van der Waals surface area (Å²) in [4.78, 5) is 2.55. The summed E-state index contributed by atoms with van der Waals surface area (Å²) < 4.78 is 0. The average Bonchev–Trinajstić information content (AvgIpc) is 2.59. The molecule has 1 radical (unpaired) electrons. The van der Waals surface area contributed by atoms with Crippen molar-refractivity contribution >= 4 is 5.69 Å². The van der Waals surface area contributed by atoms with Gasteiger partial charge in [0.1, 0.15) is 0 Å². The Hall–Kier alpha value is -1.22. The molecule has 1 saturated heterocycles. The molecule has 0 bridgehead atoms. The zero-order valence-electron chi connectivity index (χ0n) is 14.6. The number of rotatable bonds is 4. The molecule has 24 heavy (non-hydrogen) atoms. The maximum Gasteiger partial charge on any atom is 2.00 e. The number of piperidine rings is 1. The smallest absolute Gasteiger partial charge is 0.403 e. The molecule has 3 rings (SSSR count). The van der Waals surface area contributed by atoms with Crippen molar-refractivity contribution < 1.29 is 18.6 Å². The van der Waals surface area contributed by atoms with Gasteiger partial charge in [0, 0.05) is 25.7 Å². The van der Waals surface area contributed by atoms with Crippen molar-refractivity contribution in [1.82, 2.24) is 4.90 Å². The van der Waals surface area contributed by atoms with Crippen LogP contribution in [0.2, 0.25) is 0 Å². The van der Waals surface area contributed by atoms with Gasteiger partial charge in [0.2, 0.25) is 0 Å². The summed E-state index contributed by atoms with van der Waals surface area (Å²) in [6.45, 7) is 8.92. The Bertz CT molecular complexity index is 473. The molecule has 0 unspecified atom stereocenters. The number of hydrogen-bond acceptors (Lipinski definition) is 2. The van der Waals surface area contributed by atoms with Crippen LogP contribution < -0.4 is 5.32 Å². The third-order valence-electron chi connectivity index (χ3n) is 3.93. The van der Waals surface area contributed by atoms with Crippen molar-refractivity contribution in [3.63, 3.8) is 0 Å². The minimum absolute atomic E-state index is 0. The Morgan fingerprint density at radius 2 is 1.67 bits per heavy atom. The van der Waals surface area contributed by atoms with Gasteiger partial charge in [-0.3, -0.25) is 4.90 Å². The number of likely N-dealkylation sites (tertiary alicyclic amines) is 1. The number of anilines is 1. The van der Waals surface area contributed by atoms with Gasteiger partial charge in [0.25, 0.3) is 0 Å². The van der Waals surface area contributed by atoms with Crippen LogP contribution in [0.25, 0.3) is 0 Å². The predicted molar refractivity (Wildman–Crippen MR) is 99.3 cm³/mol. The summed E-state index contributed by atoms with van der Waals surface area (Å²) in [5, 5.41) is 3.62. The number of hydrogen-bond donors (Lipinski definition) is 1. The molecule has 0 spiro atoms. The summed E-state index contributed by atoms with van der Waals surface area (Å²) in [7, 11) is 0. The van der Waals surface area contributed by atoms with Crippen LogP contribution in [0.4, 0.5) is 5.69 Å². The van der Waals surface area contributed by atoms with Crippen molar-refractivity contribution in [2.24, 2.45) is 0 Å². The summed E-state index contributed by atoms with van der Waals surface area (Å²) in [5.74, 6) is 0. The molecule has 2 nitrogen and oxygen atoms in total. The standard InChI is InChI=1S/C18H21N2.C3H7.V/c1-3-7-16(8-4-1)15-20-13-11-18(12-14-20)19-17-9-5-2-6-10-17;1-3-2;/h1,3-10,18-19H,11-15H2;1,3H2,2H3;/q2*-1;+2. The third-order valence-corrected chi connectivity index (χ3v) is 3.93. The normalized spacial score (nSPS) is 14.9. The first-order valence-corrected chi connectivity index (χ1v) is 8.60. The molecule has 1 heterocycles. The second kappa shape index (κ2) is 12.2. The number of nitrogens with one attached hydrogen (secondary N) is 1. The van der Waals surface area contributed by atoms with E-state index in [9.17, 15) is 0 Å². The average molecular weight is 359 g/mol. The molecular weight excluding hydrogens is 331 g/mol. The molecule has 1 fully saturated rings. The van der Waals surface area contributed by atoms with Gasteiger partial charge >= 0.3 is 18.6 Å². The molecule has 1 aliphatic heterocycles. The van der Waals surface area contributed by atoms with E-state index in [4.69, 9.17) is 0 Å². The SMILES string of the molecule is [CH2-]CC.[V+2].[c-]1ccc(NC2CCN(Cc3ccccc3)CC2)cc1. The van der Waals surface area contributed by atoms with E-state index in [1.807, 2.05) is 19.1 Å². The zero-order chi connectivity index (χ0) is 16.3. The van der Waals surface area contributed by atoms with Gasteiger partial charge in [0.15, 0.2) is 0 Å². The molecule has 2 aromatic carbocycles. The van der Waals surface area contributed by atoms with Crippen molar-refractivity contribution in [3.05, 3.63) is 73.2 Å². The Kier molecular flexibility index (Phi) is 10.6.